The summed E-state index contributed by atoms with van der Waals surface area (Å²) in [5.41, 5.74) is 3.52. The summed E-state index contributed by atoms with van der Waals surface area (Å²) in [5, 5.41) is 9.30. The number of carboxylic acids is 1. The van der Waals surface area contributed by atoms with Gasteiger partial charge in [0.05, 0.1) is 6.42 Å². The molecule has 0 unspecified atom stereocenters. The van der Waals surface area contributed by atoms with E-state index in [1.165, 1.54) is 27.5 Å². The highest BCUT2D eigenvalue weighted by Gasteiger charge is 2.23. The molecule has 0 saturated heterocycles. The van der Waals surface area contributed by atoms with Crippen molar-refractivity contribution in [3.63, 3.8) is 0 Å². The average Bonchev–Trinajstić information content (AvgIpc) is 3.12. The minimum absolute atomic E-state index is 0.206. The van der Waals surface area contributed by atoms with E-state index in [1.807, 2.05) is 0 Å². The van der Waals surface area contributed by atoms with E-state index >= 15 is 0 Å². The van der Waals surface area contributed by atoms with E-state index in [4.69, 9.17) is 0 Å². The Bertz CT molecular complexity index is 896. The van der Waals surface area contributed by atoms with E-state index in [0.29, 0.717) is 16.8 Å². The molecule has 0 aliphatic heterocycles. The normalized spacial score (nSPS) is 12.9. The predicted octanol–water partition coefficient (Wildman–Crippen LogP) is 3.52. The maximum Gasteiger partial charge on any atom is 0.309 e. The molecule has 2 aromatic heterocycles. The number of pyridine rings is 1. The topological polar surface area (TPSA) is 59.3 Å². The quantitative estimate of drug-likeness (QED) is 0.905. The molecule has 0 atom stereocenters. The number of aromatic nitrogens is 1. The Labute approximate surface area is 144 Å². The highest BCUT2D eigenvalue weighted by atomic mass is 32.1. The number of nitrogens with zero attached hydrogens (tertiary/aromatic N) is 1. The second-order valence-corrected chi connectivity index (χ2v) is 7.04. The smallest absolute Gasteiger partial charge is 0.309 e. The lowest BCUT2D eigenvalue weighted by Crippen LogP contribution is -2.26. The van der Waals surface area contributed by atoms with E-state index < -0.39 is 5.97 Å². The van der Waals surface area contributed by atoms with Gasteiger partial charge in [-0.05, 0) is 36.5 Å². The first kappa shape index (κ1) is 16.5. The van der Waals surface area contributed by atoms with Gasteiger partial charge in [-0.25, -0.2) is 0 Å². The van der Waals surface area contributed by atoms with Crippen molar-refractivity contribution in [3.05, 3.63) is 56.8 Å². The van der Waals surface area contributed by atoms with Crippen LogP contribution in [0.2, 0.25) is 0 Å². The number of fused-ring (bicyclic) bond motifs is 1. The van der Waals surface area contributed by atoms with Crippen LogP contribution in [0.1, 0.15) is 33.7 Å². The molecule has 124 valence electrons. The first-order chi connectivity index (χ1) is 11.5. The molecular weight excluding hydrogens is 322 g/mol. The van der Waals surface area contributed by atoms with Crippen molar-refractivity contribution in [2.24, 2.45) is 7.05 Å². The fourth-order valence-corrected chi connectivity index (χ4v) is 4.70. The van der Waals surface area contributed by atoms with Crippen LogP contribution in [-0.4, -0.2) is 15.6 Å². The fourth-order valence-electron chi connectivity index (χ4n) is 3.36. The van der Waals surface area contributed by atoms with E-state index in [9.17, 15) is 14.7 Å². The van der Waals surface area contributed by atoms with E-state index in [2.05, 4.69) is 19.2 Å². The van der Waals surface area contributed by atoms with E-state index in [0.717, 1.165) is 23.3 Å². The number of thiophene rings is 1. The van der Waals surface area contributed by atoms with Gasteiger partial charge in [-0.1, -0.05) is 25.3 Å². The van der Waals surface area contributed by atoms with Crippen LogP contribution in [-0.2, 0) is 31.1 Å². The molecule has 0 amide bonds. The first-order valence-corrected chi connectivity index (χ1v) is 8.64. The van der Waals surface area contributed by atoms with Crippen LogP contribution >= 0.6 is 11.3 Å². The van der Waals surface area contributed by atoms with Crippen LogP contribution in [0.15, 0.2) is 24.0 Å². The lowest BCUT2D eigenvalue weighted by molar-refractivity contribution is -0.136. The summed E-state index contributed by atoms with van der Waals surface area (Å²) in [6.07, 6.45) is 6.24. The van der Waals surface area contributed by atoms with Crippen molar-refractivity contribution < 1.29 is 9.90 Å². The number of aryl methyl sites for hydroxylation is 2. The zero-order chi connectivity index (χ0) is 17.4. The van der Waals surface area contributed by atoms with Gasteiger partial charge in [0.2, 0.25) is 0 Å². The molecular formula is C19H19NO3S. The Balaban J connectivity index is 2.37. The average molecular weight is 341 g/mol. The van der Waals surface area contributed by atoms with Gasteiger partial charge in [-0.2, -0.15) is 0 Å². The van der Waals surface area contributed by atoms with E-state index in [1.54, 1.807) is 24.5 Å². The zero-order valence-corrected chi connectivity index (χ0v) is 14.4. The summed E-state index contributed by atoms with van der Waals surface area (Å²) in [6.45, 7) is 7.58. The molecule has 2 heterocycles. The lowest BCUT2D eigenvalue weighted by Gasteiger charge is -2.17. The SMILES string of the molecule is C=Cc1c(-c2cc3c(s2)CCC3)c(CC(=O)O)n(C)c(=O)c1C=C. The number of carbonyl (C=O) groups is 1. The number of hydrogen-bond acceptors (Lipinski definition) is 3. The predicted molar refractivity (Wildman–Crippen MR) is 98.5 cm³/mol. The van der Waals surface area contributed by atoms with Crippen molar-refractivity contribution in [2.75, 3.05) is 0 Å². The Kier molecular flexibility index (Phi) is 4.28. The molecule has 0 radical (unpaired) electrons. The lowest BCUT2D eigenvalue weighted by atomic mass is 9.97. The van der Waals surface area contributed by atoms with Gasteiger partial charge >= 0.3 is 5.97 Å². The van der Waals surface area contributed by atoms with Gasteiger partial charge in [-0.3, -0.25) is 9.59 Å². The van der Waals surface area contributed by atoms with Crippen molar-refractivity contribution in [1.82, 2.24) is 4.57 Å². The van der Waals surface area contributed by atoms with Crippen LogP contribution in [0.25, 0.3) is 22.6 Å². The third-order valence-electron chi connectivity index (χ3n) is 4.51. The van der Waals surface area contributed by atoms with Crippen LogP contribution in [0.4, 0.5) is 0 Å². The molecule has 0 spiro atoms. The monoisotopic (exact) mass is 341 g/mol. The maximum atomic E-state index is 12.6. The number of rotatable bonds is 5. The molecule has 5 heteroatoms. The summed E-state index contributed by atoms with van der Waals surface area (Å²) in [6, 6.07) is 2.14. The molecule has 2 aromatic rings. The fraction of sp³-hybridized carbons (Fsp3) is 0.263. The molecule has 24 heavy (non-hydrogen) atoms. The van der Waals surface area contributed by atoms with Gasteiger partial charge in [-0.15, -0.1) is 11.3 Å². The first-order valence-electron chi connectivity index (χ1n) is 7.82. The largest absolute Gasteiger partial charge is 0.481 e. The molecule has 0 fully saturated rings. The van der Waals surface area contributed by atoms with Gasteiger partial charge in [0.1, 0.15) is 0 Å². The second-order valence-electron chi connectivity index (χ2n) is 5.90. The molecule has 0 aromatic carbocycles. The van der Waals surface area contributed by atoms with Crippen molar-refractivity contribution in [2.45, 2.75) is 25.7 Å². The zero-order valence-electron chi connectivity index (χ0n) is 13.6. The molecule has 0 bridgehead atoms. The van der Waals surface area contributed by atoms with Crippen LogP contribution < -0.4 is 5.56 Å². The van der Waals surface area contributed by atoms with Crippen LogP contribution in [0.3, 0.4) is 0 Å². The number of carboxylic acid groups (broad SMARTS) is 1. The molecule has 4 nitrogen and oxygen atoms in total. The highest BCUT2D eigenvalue weighted by Crippen LogP contribution is 2.40. The minimum atomic E-state index is -0.961. The van der Waals surface area contributed by atoms with Crippen molar-refractivity contribution in [3.8, 4) is 10.4 Å². The minimum Gasteiger partial charge on any atom is -0.481 e. The van der Waals surface area contributed by atoms with Gasteiger partial charge in [0, 0.05) is 33.6 Å². The Morgan fingerprint density at radius 2 is 2.04 bits per heavy atom. The molecule has 1 aliphatic carbocycles. The standard InChI is InChI=1S/C19H19NO3S/c1-4-12-13(5-2)19(23)20(3)14(10-17(21)22)18(12)16-9-11-7-6-8-15(11)24-16/h4-5,9H,1-2,6-8,10H2,3H3,(H,21,22). The Morgan fingerprint density at radius 1 is 1.33 bits per heavy atom. The third-order valence-corrected chi connectivity index (χ3v) is 5.76. The Morgan fingerprint density at radius 3 is 2.62 bits per heavy atom. The highest BCUT2D eigenvalue weighted by molar-refractivity contribution is 7.15. The Hall–Kier alpha value is -2.40. The molecule has 3 rings (SSSR count). The summed E-state index contributed by atoms with van der Waals surface area (Å²) in [5.74, 6) is -0.961. The molecule has 1 aliphatic rings. The van der Waals surface area contributed by atoms with E-state index in [-0.39, 0.29) is 12.0 Å². The summed E-state index contributed by atoms with van der Waals surface area (Å²) in [4.78, 5) is 26.3. The summed E-state index contributed by atoms with van der Waals surface area (Å²) < 4.78 is 1.43. The maximum absolute atomic E-state index is 12.6. The summed E-state index contributed by atoms with van der Waals surface area (Å²) in [7, 11) is 1.62. The van der Waals surface area contributed by atoms with Crippen LogP contribution in [0.5, 0.6) is 0 Å². The van der Waals surface area contributed by atoms with Gasteiger partial charge in [0.25, 0.3) is 5.56 Å². The number of aliphatic carboxylic acids is 1. The van der Waals surface area contributed by atoms with Crippen LogP contribution in [0, 0.1) is 0 Å². The summed E-state index contributed by atoms with van der Waals surface area (Å²) >= 11 is 1.69. The third kappa shape index (κ3) is 2.55. The molecule has 0 saturated carbocycles. The van der Waals surface area contributed by atoms with Crippen molar-refractivity contribution >= 4 is 29.5 Å². The van der Waals surface area contributed by atoms with Crippen molar-refractivity contribution in [1.29, 1.82) is 0 Å². The number of hydrogen-bond donors (Lipinski definition) is 1. The second kappa shape index (κ2) is 6.24. The molecule has 1 N–H and O–H groups in total. The van der Waals surface area contributed by atoms with Gasteiger partial charge < -0.3 is 9.67 Å². The van der Waals surface area contributed by atoms with Gasteiger partial charge in [0.15, 0.2) is 0 Å².